The van der Waals surface area contributed by atoms with Crippen molar-refractivity contribution < 1.29 is 5.11 Å². The highest BCUT2D eigenvalue weighted by molar-refractivity contribution is 5.43. The summed E-state index contributed by atoms with van der Waals surface area (Å²) in [5, 5.41) is 13.2. The maximum atomic E-state index is 9.62. The number of hydrogen-bond donors (Lipinski definition) is 2. The molecule has 1 aliphatic heterocycles. The molecule has 3 rings (SSSR count). The highest BCUT2D eigenvalue weighted by Gasteiger charge is 2.21. The molecule has 2 heteroatoms. The van der Waals surface area contributed by atoms with E-state index in [0.717, 1.165) is 13.0 Å². The molecular formula is C18H21NO. The van der Waals surface area contributed by atoms with Gasteiger partial charge in [0.25, 0.3) is 0 Å². The molecule has 0 fully saturated rings. The molecule has 0 amide bonds. The van der Waals surface area contributed by atoms with Crippen LogP contribution < -0.4 is 5.32 Å². The number of fused-ring (bicyclic) bond motifs is 1. The summed E-state index contributed by atoms with van der Waals surface area (Å²) in [7, 11) is 0. The van der Waals surface area contributed by atoms with E-state index in [2.05, 4.69) is 43.4 Å². The second-order valence-corrected chi connectivity index (χ2v) is 5.84. The Labute approximate surface area is 120 Å². The Bertz CT molecular complexity index is 601. The Hall–Kier alpha value is -1.80. The molecule has 0 spiro atoms. The summed E-state index contributed by atoms with van der Waals surface area (Å²) in [6.45, 7) is 5.38. The predicted octanol–water partition coefficient (Wildman–Crippen LogP) is 3.75. The molecule has 0 radical (unpaired) electrons. The van der Waals surface area contributed by atoms with Gasteiger partial charge in [-0.15, -0.1) is 0 Å². The molecule has 0 aromatic heterocycles. The largest absolute Gasteiger partial charge is 0.508 e. The van der Waals surface area contributed by atoms with Gasteiger partial charge in [0.1, 0.15) is 5.75 Å². The summed E-state index contributed by atoms with van der Waals surface area (Å²) in [6.07, 6.45) is 0.976. The number of hydrogen-bond acceptors (Lipinski definition) is 2. The van der Waals surface area contributed by atoms with E-state index < -0.39 is 0 Å². The first-order chi connectivity index (χ1) is 9.65. The number of rotatable bonds is 2. The van der Waals surface area contributed by atoms with Crippen LogP contribution in [-0.4, -0.2) is 11.7 Å². The smallest absolute Gasteiger partial charge is 0.115 e. The maximum Gasteiger partial charge on any atom is 0.115 e. The Kier molecular flexibility index (Phi) is 3.49. The van der Waals surface area contributed by atoms with E-state index in [4.69, 9.17) is 0 Å². The molecule has 2 nitrogen and oxygen atoms in total. The van der Waals surface area contributed by atoms with Crippen molar-refractivity contribution in [2.45, 2.75) is 32.2 Å². The standard InChI is InChI=1S/C18H21NO/c1-12(2)13-3-5-14(6-4-13)18-17-8-7-16(20)11-15(17)9-10-19-18/h3-8,11-12,18-20H,9-10H2,1-2H3. The third-order valence-corrected chi connectivity index (χ3v) is 4.12. The third-order valence-electron chi connectivity index (χ3n) is 4.12. The minimum Gasteiger partial charge on any atom is -0.508 e. The van der Waals surface area contributed by atoms with Gasteiger partial charge in [0.05, 0.1) is 6.04 Å². The Balaban J connectivity index is 1.96. The van der Waals surface area contributed by atoms with E-state index in [0.29, 0.717) is 11.7 Å². The zero-order valence-corrected chi connectivity index (χ0v) is 12.1. The van der Waals surface area contributed by atoms with Crippen LogP contribution in [0.25, 0.3) is 0 Å². The van der Waals surface area contributed by atoms with E-state index in [9.17, 15) is 5.11 Å². The van der Waals surface area contributed by atoms with Crippen molar-refractivity contribution in [2.24, 2.45) is 0 Å². The van der Waals surface area contributed by atoms with Gasteiger partial charge in [0, 0.05) is 6.54 Å². The predicted molar refractivity (Wildman–Crippen MR) is 82.2 cm³/mol. The molecule has 2 aromatic rings. The van der Waals surface area contributed by atoms with Crippen LogP contribution in [0, 0.1) is 0 Å². The van der Waals surface area contributed by atoms with Gasteiger partial charge in [-0.2, -0.15) is 0 Å². The lowest BCUT2D eigenvalue weighted by Crippen LogP contribution is -2.30. The van der Waals surface area contributed by atoms with Crippen molar-refractivity contribution >= 4 is 0 Å². The molecule has 104 valence electrons. The molecule has 0 saturated carbocycles. The fourth-order valence-corrected chi connectivity index (χ4v) is 2.92. The summed E-state index contributed by atoms with van der Waals surface area (Å²) in [6, 6.07) is 14.8. The van der Waals surface area contributed by atoms with Crippen LogP contribution in [0.15, 0.2) is 42.5 Å². The summed E-state index contributed by atoms with van der Waals surface area (Å²) >= 11 is 0. The van der Waals surface area contributed by atoms with Gasteiger partial charge in [-0.05, 0) is 46.7 Å². The maximum absolute atomic E-state index is 9.62. The highest BCUT2D eigenvalue weighted by atomic mass is 16.3. The van der Waals surface area contributed by atoms with Gasteiger partial charge in [0.15, 0.2) is 0 Å². The van der Waals surface area contributed by atoms with Crippen molar-refractivity contribution in [1.29, 1.82) is 0 Å². The second kappa shape index (κ2) is 5.29. The molecule has 0 saturated heterocycles. The third kappa shape index (κ3) is 2.44. The van der Waals surface area contributed by atoms with Crippen molar-refractivity contribution in [1.82, 2.24) is 5.32 Å². The zero-order chi connectivity index (χ0) is 14.1. The normalized spacial score (nSPS) is 18.1. The fourth-order valence-electron chi connectivity index (χ4n) is 2.92. The van der Waals surface area contributed by atoms with Crippen LogP contribution in [0.2, 0.25) is 0 Å². The van der Waals surface area contributed by atoms with Gasteiger partial charge in [-0.3, -0.25) is 0 Å². The zero-order valence-electron chi connectivity index (χ0n) is 12.1. The van der Waals surface area contributed by atoms with E-state index in [1.54, 1.807) is 6.07 Å². The Morgan fingerprint density at radius 1 is 1.10 bits per heavy atom. The van der Waals surface area contributed by atoms with Crippen LogP contribution >= 0.6 is 0 Å². The number of nitrogens with one attached hydrogen (secondary N) is 1. The number of benzene rings is 2. The fraction of sp³-hybridized carbons (Fsp3) is 0.333. The topological polar surface area (TPSA) is 32.3 Å². The summed E-state index contributed by atoms with van der Waals surface area (Å²) in [5.41, 5.74) is 5.20. The molecule has 1 aliphatic rings. The lowest BCUT2D eigenvalue weighted by Gasteiger charge is -2.27. The number of phenolic OH excluding ortho intramolecular Hbond substituents is 1. The van der Waals surface area contributed by atoms with Crippen molar-refractivity contribution in [3.63, 3.8) is 0 Å². The molecule has 1 unspecified atom stereocenters. The quantitative estimate of drug-likeness (QED) is 0.868. The van der Waals surface area contributed by atoms with Crippen LogP contribution in [-0.2, 0) is 6.42 Å². The summed E-state index contributed by atoms with van der Waals surface area (Å²) < 4.78 is 0. The Morgan fingerprint density at radius 2 is 1.85 bits per heavy atom. The minimum absolute atomic E-state index is 0.237. The van der Waals surface area contributed by atoms with Gasteiger partial charge >= 0.3 is 0 Å². The molecule has 0 bridgehead atoms. The lowest BCUT2D eigenvalue weighted by molar-refractivity contribution is 0.471. The summed E-state index contributed by atoms with van der Waals surface area (Å²) in [4.78, 5) is 0. The molecule has 0 aliphatic carbocycles. The molecule has 2 N–H and O–H groups in total. The van der Waals surface area contributed by atoms with Gasteiger partial charge in [-0.1, -0.05) is 44.2 Å². The van der Waals surface area contributed by atoms with Gasteiger partial charge in [0.2, 0.25) is 0 Å². The van der Waals surface area contributed by atoms with Crippen LogP contribution in [0.4, 0.5) is 0 Å². The van der Waals surface area contributed by atoms with Gasteiger partial charge < -0.3 is 10.4 Å². The SMILES string of the molecule is CC(C)c1ccc(C2NCCc3cc(O)ccc32)cc1. The lowest BCUT2D eigenvalue weighted by atomic mass is 9.89. The molecule has 20 heavy (non-hydrogen) atoms. The van der Waals surface area contributed by atoms with E-state index in [1.807, 2.05) is 12.1 Å². The first-order valence-electron chi connectivity index (χ1n) is 7.30. The van der Waals surface area contributed by atoms with Crippen LogP contribution in [0.3, 0.4) is 0 Å². The van der Waals surface area contributed by atoms with E-state index in [1.165, 1.54) is 22.3 Å². The average molecular weight is 267 g/mol. The minimum atomic E-state index is 0.237. The molecule has 1 atom stereocenters. The first-order valence-corrected chi connectivity index (χ1v) is 7.30. The average Bonchev–Trinajstić information content (AvgIpc) is 2.46. The van der Waals surface area contributed by atoms with Gasteiger partial charge in [-0.25, -0.2) is 0 Å². The Morgan fingerprint density at radius 3 is 2.55 bits per heavy atom. The summed E-state index contributed by atoms with van der Waals surface area (Å²) in [5.74, 6) is 0.923. The van der Waals surface area contributed by atoms with Crippen molar-refractivity contribution in [2.75, 3.05) is 6.54 Å². The molecule has 1 heterocycles. The first kappa shape index (κ1) is 13.2. The van der Waals surface area contributed by atoms with Crippen LogP contribution in [0.1, 0.15) is 48.1 Å². The highest BCUT2D eigenvalue weighted by Crippen LogP contribution is 2.31. The van der Waals surface area contributed by atoms with Crippen molar-refractivity contribution in [3.05, 3.63) is 64.7 Å². The molecular weight excluding hydrogens is 246 g/mol. The van der Waals surface area contributed by atoms with Crippen LogP contribution in [0.5, 0.6) is 5.75 Å². The number of phenols is 1. The molecule has 2 aromatic carbocycles. The van der Waals surface area contributed by atoms with E-state index >= 15 is 0 Å². The van der Waals surface area contributed by atoms with Crippen molar-refractivity contribution in [3.8, 4) is 5.75 Å². The van der Waals surface area contributed by atoms with E-state index in [-0.39, 0.29) is 6.04 Å². The number of aromatic hydroxyl groups is 1. The second-order valence-electron chi connectivity index (χ2n) is 5.84. The monoisotopic (exact) mass is 267 g/mol.